The number of aromatic nitrogens is 1. The lowest BCUT2D eigenvalue weighted by Gasteiger charge is -2.10. The van der Waals surface area contributed by atoms with Crippen LogP contribution in [0.2, 0.25) is 0 Å². The van der Waals surface area contributed by atoms with Crippen molar-refractivity contribution < 1.29 is 9.15 Å². The molecule has 2 N–H and O–H groups in total. The number of hydrogen-bond acceptors (Lipinski definition) is 4. The highest BCUT2D eigenvalue weighted by molar-refractivity contribution is 14.0. The second kappa shape index (κ2) is 11.5. The van der Waals surface area contributed by atoms with Crippen molar-refractivity contribution >= 4 is 29.9 Å². The normalized spacial score (nSPS) is 10.9. The van der Waals surface area contributed by atoms with Crippen LogP contribution in [0.3, 0.4) is 0 Å². The fourth-order valence-corrected chi connectivity index (χ4v) is 2.57. The van der Waals surface area contributed by atoms with E-state index in [1.54, 1.807) is 0 Å². The molecule has 0 atom stereocenters. The molecule has 154 valence electrons. The fourth-order valence-electron chi connectivity index (χ4n) is 2.57. The fraction of sp³-hybridized carbons (Fsp3) is 0.273. The Kier molecular flexibility index (Phi) is 8.98. The maximum Gasteiger partial charge on any atom is 0.214 e. The number of oxazole rings is 1. The Morgan fingerprint density at radius 2 is 1.69 bits per heavy atom. The molecule has 6 nitrogen and oxygen atoms in total. The Hall–Kier alpha value is -2.55. The van der Waals surface area contributed by atoms with Gasteiger partial charge in [0, 0.05) is 6.54 Å². The van der Waals surface area contributed by atoms with Crippen molar-refractivity contribution in [2.24, 2.45) is 4.99 Å². The average molecular weight is 506 g/mol. The molecule has 0 saturated carbocycles. The maximum absolute atomic E-state index is 5.82. The van der Waals surface area contributed by atoms with Gasteiger partial charge in [0.15, 0.2) is 5.96 Å². The Labute approximate surface area is 188 Å². The van der Waals surface area contributed by atoms with Crippen LogP contribution in [0.5, 0.6) is 11.5 Å². The van der Waals surface area contributed by atoms with E-state index in [1.165, 1.54) is 0 Å². The van der Waals surface area contributed by atoms with E-state index in [0.29, 0.717) is 19.0 Å². The third-order valence-electron chi connectivity index (χ3n) is 4.15. The number of para-hydroxylation sites is 1. The van der Waals surface area contributed by atoms with Crippen LogP contribution in [-0.4, -0.2) is 17.5 Å². The molecule has 0 fully saturated rings. The van der Waals surface area contributed by atoms with E-state index in [1.807, 2.05) is 75.4 Å². The van der Waals surface area contributed by atoms with E-state index in [0.717, 1.165) is 41.0 Å². The number of nitrogens with one attached hydrogen (secondary N) is 2. The predicted octanol–water partition coefficient (Wildman–Crippen LogP) is 4.96. The number of rotatable bonds is 7. The Bertz CT molecular complexity index is 889. The van der Waals surface area contributed by atoms with Gasteiger partial charge in [0.05, 0.1) is 18.8 Å². The lowest BCUT2D eigenvalue weighted by Crippen LogP contribution is -2.36. The number of ether oxygens (including phenoxy) is 1. The van der Waals surface area contributed by atoms with Crippen molar-refractivity contribution in [2.75, 3.05) is 6.54 Å². The van der Waals surface area contributed by atoms with Gasteiger partial charge in [-0.3, -0.25) is 0 Å². The molecule has 0 radical (unpaired) electrons. The number of guanidine groups is 1. The van der Waals surface area contributed by atoms with Crippen LogP contribution in [0.4, 0.5) is 0 Å². The summed E-state index contributed by atoms with van der Waals surface area (Å²) in [6.45, 7) is 7.71. The molecule has 1 heterocycles. The Morgan fingerprint density at radius 3 is 2.31 bits per heavy atom. The number of benzene rings is 2. The highest BCUT2D eigenvalue weighted by atomic mass is 127. The Balaban J connectivity index is 0.00000300. The van der Waals surface area contributed by atoms with E-state index in [-0.39, 0.29) is 24.0 Å². The summed E-state index contributed by atoms with van der Waals surface area (Å²) >= 11 is 0. The molecule has 2 aromatic carbocycles. The summed E-state index contributed by atoms with van der Waals surface area (Å²) in [5.41, 5.74) is 2.01. The van der Waals surface area contributed by atoms with Crippen LogP contribution in [0.25, 0.3) is 0 Å². The van der Waals surface area contributed by atoms with Crippen molar-refractivity contribution in [1.29, 1.82) is 0 Å². The molecule has 0 saturated heterocycles. The monoisotopic (exact) mass is 506 g/mol. The quantitative estimate of drug-likeness (QED) is 0.270. The van der Waals surface area contributed by atoms with Crippen LogP contribution in [0, 0.1) is 13.8 Å². The first-order valence-electron chi connectivity index (χ1n) is 9.41. The van der Waals surface area contributed by atoms with Crippen molar-refractivity contribution in [3.05, 3.63) is 77.5 Å². The van der Waals surface area contributed by atoms with Gasteiger partial charge in [0.1, 0.15) is 17.3 Å². The summed E-state index contributed by atoms with van der Waals surface area (Å²) in [6, 6.07) is 17.7. The number of aryl methyl sites for hydroxylation is 2. The van der Waals surface area contributed by atoms with Crippen molar-refractivity contribution in [2.45, 2.75) is 33.9 Å². The standard InChI is InChI=1S/C22H26N4O2.HI/c1-4-23-22(25-15-21-26-16(2)17(3)27-21)24-14-18-10-12-20(13-11-18)28-19-8-6-5-7-9-19;/h5-13H,4,14-15H2,1-3H3,(H2,23,24,25);1H. The molecule has 3 rings (SSSR count). The maximum atomic E-state index is 5.82. The third-order valence-corrected chi connectivity index (χ3v) is 4.15. The van der Waals surface area contributed by atoms with Crippen molar-refractivity contribution in [3.63, 3.8) is 0 Å². The smallest absolute Gasteiger partial charge is 0.214 e. The van der Waals surface area contributed by atoms with Gasteiger partial charge in [0.2, 0.25) is 5.89 Å². The summed E-state index contributed by atoms with van der Waals surface area (Å²) in [7, 11) is 0. The van der Waals surface area contributed by atoms with E-state index in [2.05, 4.69) is 20.6 Å². The Morgan fingerprint density at radius 1 is 1.00 bits per heavy atom. The molecule has 0 aliphatic carbocycles. The highest BCUT2D eigenvalue weighted by Crippen LogP contribution is 2.21. The minimum absolute atomic E-state index is 0. The number of hydrogen-bond donors (Lipinski definition) is 2. The first-order valence-corrected chi connectivity index (χ1v) is 9.41. The summed E-state index contributed by atoms with van der Waals surface area (Å²) in [5, 5.41) is 6.48. The van der Waals surface area contributed by atoms with E-state index >= 15 is 0 Å². The number of nitrogens with zero attached hydrogens (tertiary/aromatic N) is 2. The van der Waals surface area contributed by atoms with Gasteiger partial charge in [-0.15, -0.1) is 24.0 Å². The van der Waals surface area contributed by atoms with Crippen LogP contribution in [0.15, 0.2) is 64.0 Å². The van der Waals surface area contributed by atoms with Gasteiger partial charge in [-0.1, -0.05) is 30.3 Å². The molecule has 29 heavy (non-hydrogen) atoms. The van der Waals surface area contributed by atoms with Crippen LogP contribution >= 0.6 is 24.0 Å². The molecule has 0 unspecified atom stereocenters. The van der Waals surface area contributed by atoms with Gasteiger partial charge in [0.25, 0.3) is 0 Å². The lowest BCUT2D eigenvalue weighted by atomic mass is 10.2. The van der Waals surface area contributed by atoms with E-state index < -0.39 is 0 Å². The van der Waals surface area contributed by atoms with Crippen LogP contribution in [-0.2, 0) is 13.1 Å². The van der Waals surface area contributed by atoms with Crippen molar-refractivity contribution in [3.8, 4) is 11.5 Å². The first kappa shape index (κ1) is 22.7. The highest BCUT2D eigenvalue weighted by Gasteiger charge is 2.06. The minimum Gasteiger partial charge on any atom is -0.457 e. The number of aliphatic imine (C=N–C) groups is 1. The zero-order chi connectivity index (χ0) is 19.8. The molecular formula is C22H27IN4O2. The summed E-state index contributed by atoms with van der Waals surface area (Å²) in [6.07, 6.45) is 0. The summed E-state index contributed by atoms with van der Waals surface area (Å²) < 4.78 is 11.4. The van der Waals surface area contributed by atoms with Gasteiger partial charge in [-0.25, -0.2) is 9.98 Å². The molecule has 0 amide bonds. The largest absolute Gasteiger partial charge is 0.457 e. The number of halogens is 1. The SMILES string of the molecule is CCNC(=NCc1ccc(Oc2ccccc2)cc1)NCc1nc(C)c(C)o1.I. The third kappa shape index (κ3) is 7.08. The molecule has 0 bridgehead atoms. The van der Waals surface area contributed by atoms with Gasteiger partial charge >= 0.3 is 0 Å². The molecule has 3 aromatic rings. The summed E-state index contributed by atoms with van der Waals surface area (Å²) in [4.78, 5) is 9.00. The zero-order valence-corrected chi connectivity index (χ0v) is 19.3. The zero-order valence-electron chi connectivity index (χ0n) is 16.9. The molecule has 1 aromatic heterocycles. The molecule has 7 heteroatoms. The lowest BCUT2D eigenvalue weighted by molar-refractivity contribution is 0.463. The van der Waals surface area contributed by atoms with Gasteiger partial charge in [-0.2, -0.15) is 0 Å². The van der Waals surface area contributed by atoms with Crippen LogP contribution < -0.4 is 15.4 Å². The second-order valence-corrected chi connectivity index (χ2v) is 6.36. The summed E-state index contributed by atoms with van der Waals surface area (Å²) in [5.74, 6) is 3.85. The molecular weight excluding hydrogens is 479 g/mol. The van der Waals surface area contributed by atoms with Crippen molar-refractivity contribution in [1.82, 2.24) is 15.6 Å². The topological polar surface area (TPSA) is 71.7 Å². The average Bonchev–Trinajstić information content (AvgIpc) is 3.03. The molecule has 0 aliphatic heterocycles. The van der Waals surface area contributed by atoms with Crippen LogP contribution in [0.1, 0.15) is 29.8 Å². The predicted molar refractivity (Wildman–Crippen MR) is 126 cm³/mol. The van der Waals surface area contributed by atoms with E-state index in [9.17, 15) is 0 Å². The van der Waals surface area contributed by atoms with E-state index in [4.69, 9.17) is 9.15 Å². The second-order valence-electron chi connectivity index (χ2n) is 6.36. The molecule has 0 spiro atoms. The van der Waals surface area contributed by atoms with Gasteiger partial charge in [-0.05, 0) is 50.6 Å². The van der Waals surface area contributed by atoms with Gasteiger partial charge < -0.3 is 19.8 Å². The molecule has 0 aliphatic rings. The first-order chi connectivity index (χ1) is 13.6. The minimum atomic E-state index is 0.